The van der Waals surface area contributed by atoms with Crippen LogP contribution < -0.4 is 0 Å². The van der Waals surface area contributed by atoms with Gasteiger partial charge in [-0.2, -0.15) is 0 Å². The Morgan fingerprint density at radius 2 is 1.21 bits per heavy atom. The topological polar surface area (TPSA) is 39.1 Å². The van der Waals surface area contributed by atoms with E-state index in [1.54, 1.807) is 0 Å². The smallest absolute Gasteiger partial charge is 0.160 e. The van der Waals surface area contributed by atoms with E-state index in [2.05, 4.69) is 47.9 Å². The molecule has 0 bridgehead atoms. The number of hydrogen-bond donors (Lipinski definition) is 0. The Morgan fingerprint density at radius 3 is 1.59 bits per heavy atom. The van der Waals surface area contributed by atoms with Gasteiger partial charge in [-0.05, 0) is 66.6 Å². The number of hydrogen-bond acceptors (Lipinski definition) is 4. The van der Waals surface area contributed by atoms with E-state index in [0.29, 0.717) is 0 Å². The van der Waals surface area contributed by atoms with Gasteiger partial charge in [-0.1, -0.05) is 12.1 Å². The molecule has 0 amide bonds. The van der Waals surface area contributed by atoms with Crippen LogP contribution in [0.15, 0.2) is 60.7 Å². The largest absolute Gasteiger partial charge is 0.341 e. The summed E-state index contributed by atoms with van der Waals surface area (Å²) in [4.78, 5) is 25.8. The van der Waals surface area contributed by atoms with E-state index in [1.807, 2.05) is 24.3 Å². The summed E-state index contributed by atoms with van der Waals surface area (Å²) in [5.41, 5.74) is 4.65. The van der Waals surface area contributed by atoms with Gasteiger partial charge in [0, 0.05) is 38.1 Å². The fourth-order valence-electron chi connectivity index (χ4n) is 3.89. The molecule has 0 spiro atoms. The normalized spacial score (nSPS) is 11.3. The third kappa shape index (κ3) is 2.94. The van der Waals surface area contributed by atoms with Gasteiger partial charge in [-0.25, -0.2) is 0 Å². The van der Waals surface area contributed by atoms with Gasteiger partial charge in [-0.15, -0.1) is 22.7 Å². The number of fused-ring (bicyclic) bond motifs is 3. The minimum Gasteiger partial charge on any atom is -0.341 e. The van der Waals surface area contributed by atoms with Gasteiger partial charge in [0.1, 0.15) is 0 Å². The highest BCUT2D eigenvalue weighted by atomic mass is 32.1. The summed E-state index contributed by atoms with van der Waals surface area (Å²) in [6.45, 7) is 3.05. The first-order chi connectivity index (χ1) is 14.2. The van der Waals surface area contributed by atoms with Crippen molar-refractivity contribution < 1.29 is 9.59 Å². The molecule has 3 aromatic heterocycles. The summed E-state index contributed by atoms with van der Waals surface area (Å²) < 4.78 is 2.33. The van der Waals surface area contributed by atoms with Crippen LogP contribution in [-0.2, 0) is 6.54 Å². The lowest BCUT2D eigenvalue weighted by Gasteiger charge is -2.04. The third-order valence-corrected chi connectivity index (χ3v) is 7.36. The second-order valence-corrected chi connectivity index (χ2v) is 9.08. The fourth-order valence-corrected chi connectivity index (χ4v) is 5.53. The van der Waals surface area contributed by atoms with E-state index in [1.165, 1.54) is 44.5 Å². The van der Waals surface area contributed by atoms with Gasteiger partial charge in [0.25, 0.3) is 0 Å². The van der Waals surface area contributed by atoms with E-state index < -0.39 is 0 Å². The zero-order valence-corrected chi connectivity index (χ0v) is 17.3. The second-order valence-electron chi connectivity index (χ2n) is 6.85. The van der Waals surface area contributed by atoms with E-state index in [4.69, 9.17) is 0 Å². The lowest BCUT2D eigenvalue weighted by atomic mass is 10.1. The van der Waals surface area contributed by atoms with Gasteiger partial charge >= 0.3 is 0 Å². The predicted octanol–water partition coefficient (Wildman–Crippen LogP) is 6.90. The number of thiophene rings is 2. The molecule has 5 aromatic rings. The average molecular weight is 416 g/mol. The summed E-state index contributed by atoms with van der Waals surface area (Å²) >= 11 is 3.02. The number of benzene rings is 2. The van der Waals surface area contributed by atoms with Gasteiger partial charge in [0.15, 0.2) is 12.6 Å². The number of nitrogens with zero attached hydrogens (tertiary/aromatic N) is 1. The highest BCUT2D eigenvalue weighted by Crippen LogP contribution is 2.37. The minimum atomic E-state index is 0.738. The molecule has 142 valence electrons. The zero-order chi connectivity index (χ0) is 20.0. The molecule has 0 aliphatic carbocycles. The molecule has 0 saturated carbocycles. The Morgan fingerprint density at radius 1 is 0.724 bits per heavy atom. The predicted molar refractivity (Wildman–Crippen MR) is 123 cm³/mol. The molecule has 5 rings (SSSR count). The van der Waals surface area contributed by atoms with Gasteiger partial charge in [0.05, 0.1) is 9.75 Å². The van der Waals surface area contributed by atoms with Crippen LogP contribution in [0.2, 0.25) is 0 Å². The standard InChI is InChI=1S/C24H17NO2S2/c1-2-25-21-7-3-15(23-9-5-17(13-26)28-23)11-19(21)20-12-16(4-8-22(20)25)24-10-6-18(14-27)29-24/h3-14H,2H2,1H3. The van der Waals surface area contributed by atoms with E-state index in [9.17, 15) is 9.59 Å². The highest BCUT2D eigenvalue weighted by molar-refractivity contribution is 7.17. The quantitative estimate of drug-likeness (QED) is 0.293. The van der Waals surface area contributed by atoms with Crippen molar-refractivity contribution in [1.29, 1.82) is 0 Å². The maximum atomic E-state index is 11.1. The molecular weight excluding hydrogens is 398 g/mol. The monoisotopic (exact) mass is 415 g/mol. The summed E-state index contributed by atoms with van der Waals surface area (Å²) in [6, 6.07) is 20.8. The Hall–Kier alpha value is -3.02. The van der Waals surface area contributed by atoms with Crippen LogP contribution in [-0.4, -0.2) is 17.1 Å². The van der Waals surface area contributed by atoms with Crippen molar-refractivity contribution in [3.63, 3.8) is 0 Å². The average Bonchev–Trinajstić information content (AvgIpc) is 3.49. The molecule has 29 heavy (non-hydrogen) atoms. The van der Waals surface area contributed by atoms with Crippen LogP contribution in [0.5, 0.6) is 0 Å². The van der Waals surface area contributed by atoms with Crippen LogP contribution >= 0.6 is 22.7 Å². The van der Waals surface area contributed by atoms with Gasteiger partial charge in [0.2, 0.25) is 0 Å². The maximum absolute atomic E-state index is 11.1. The summed E-state index contributed by atoms with van der Waals surface area (Å²) in [5, 5.41) is 2.41. The first-order valence-electron chi connectivity index (χ1n) is 9.38. The van der Waals surface area contributed by atoms with E-state index in [-0.39, 0.29) is 0 Å². The molecule has 2 aromatic carbocycles. The Bertz CT molecular complexity index is 1280. The van der Waals surface area contributed by atoms with Gasteiger partial charge < -0.3 is 4.57 Å². The van der Waals surface area contributed by atoms with Crippen LogP contribution in [0.3, 0.4) is 0 Å². The van der Waals surface area contributed by atoms with Crippen molar-refractivity contribution >= 4 is 57.1 Å². The van der Waals surface area contributed by atoms with Crippen LogP contribution in [0.4, 0.5) is 0 Å². The molecule has 0 unspecified atom stereocenters. The molecule has 0 aliphatic rings. The van der Waals surface area contributed by atoms with Crippen molar-refractivity contribution in [3.8, 4) is 20.9 Å². The lowest BCUT2D eigenvalue weighted by molar-refractivity contribution is 0.111. The number of carbonyl (C=O) groups excluding carboxylic acids is 2. The number of aldehydes is 2. The van der Waals surface area contributed by atoms with Crippen molar-refractivity contribution in [2.75, 3.05) is 0 Å². The van der Waals surface area contributed by atoms with Gasteiger partial charge in [-0.3, -0.25) is 9.59 Å². The maximum Gasteiger partial charge on any atom is 0.160 e. The Kier molecular flexibility index (Phi) is 4.42. The number of aryl methyl sites for hydroxylation is 1. The summed E-state index contributed by atoms with van der Waals surface area (Å²) in [6.07, 6.45) is 1.80. The molecule has 3 nitrogen and oxygen atoms in total. The SMILES string of the molecule is CCn1c2ccc(-c3ccc(C=O)s3)cc2c2cc(-c3ccc(C=O)s3)ccc21. The van der Waals surface area contributed by atoms with Crippen LogP contribution in [0.25, 0.3) is 42.7 Å². The number of aromatic nitrogens is 1. The molecule has 5 heteroatoms. The van der Waals surface area contributed by atoms with E-state index in [0.717, 1.165) is 49.8 Å². The summed E-state index contributed by atoms with van der Waals surface area (Å²) in [5.74, 6) is 0. The van der Waals surface area contributed by atoms with Crippen molar-refractivity contribution in [2.45, 2.75) is 13.5 Å². The van der Waals surface area contributed by atoms with Crippen LogP contribution in [0.1, 0.15) is 26.3 Å². The molecule has 3 heterocycles. The third-order valence-electron chi connectivity index (χ3n) is 5.24. The molecule has 0 aliphatic heterocycles. The van der Waals surface area contributed by atoms with Crippen molar-refractivity contribution in [1.82, 2.24) is 4.57 Å². The number of rotatable bonds is 5. The molecule has 0 saturated heterocycles. The minimum absolute atomic E-state index is 0.738. The summed E-state index contributed by atoms with van der Waals surface area (Å²) in [7, 11) is 0. The van der Waals surface area contributed by atoms with Crippen LogP contribution in [0, 0.1) is 0 Å². The molecule has 0 atom stereocenters. The molecule has 0 fully saturated rings. The number of carbonyl (C=O) groups is 2. The fraction of sp³-hybridized carbons (Fsp3) is 0.0833. The second kappa shape index (κ2) is 7.10. The first-order valence-corrected chi connectivity index (χ1v) is 11.0. The lowest BCUT2D eigenvalue weighted by Crippen LogP contribution is -1.92. The molecule has 0 radical (unpaired) electrons. The van der Waals surface area contributed by atoms with Crippen molar-refractivity contribution in [3.05, 3.63) is 70.4 Å². The Labute approximate surface area is 175 Å². The highest BCUT2D eigenvalue weighted by Gasteiger charge is 2.13. The van der Waals surface area contributed by atoms with Crippen molar-refractivity contribution in [2.24, 2.45) is 0 Å². The Balaban J connectivity index is 1.74. The molecule has 0 N–H and O–H groups in total. The zero-order valence-electron chi connectivity index (χ0n) is 15.7. The molecular formula is C24H17NO2S2. The van der Waals surface area contributed by atoms with E-state index >= 15 is 0 Å². The first kappa shape index (κ1) is 18.0.